The number of hydrogen-bond acceptors (Lipinski definition) is 3. The normalized spacial score (nSPS) is 23.0. The molecule has 21 heavy (non-hydrogen) atoms. The fourth-order valence-corrected chi connectivity index (χ4v) is 3.65. The van der Waals surface area contributed by atoms with E-state index in [0.717, 1.165) is 32.1 Å². The van der Waals surface area contributed by atoms with Gasteiger partial charge in [0, 0.05) is 32.6 Å². The van der Waals surface area contributed by atoms with Crippen molar-refractivity contribution >= 4 is 11.8 Å². The molecule has 0 bridgehead atoms. The van der Waals surface area contributed by atoms with Crippen molar-refractivity contribution in [3.63, 3.8) is 0 Å². The van der Waals surface area contributed by atoms with Crippen molar-refractivity contribution in [1.82, 2.24) is 9.80 Å². The summed E-state index contributed by atoms with van der Waals surface area (Å²) in [7, 11) is 0. The first-order chi connectivity index (χ1) is 10.1. The Morgan fingerprint density at radius 3 is 2.29 bits per heavy atom. The van der Waals surface area contributed by atoms with Gasteiger partial charge < -0.3 is 10.6 Å². The lowest BCUT2D eigenvalue weighted by atomic mass is 9.79. The van der Waals surface area contributed by atoms with Crippen LogP contribution in [0.25, 0.3) is 0 Å². The molecule has 2 fully saturated rings. The molecule has 1 saturated carbocycles. The highest BCUT2D eigenvalue weighted by molar-refractivity contribution is 5.77. The number of amides is 2. The van der Waals surface area contributed by atoms with Gasteiger partial charge >= 0.3 is 0 Å². The van der Waals surface area contributed by atoms with Gasteiger partial charge in [0.2, 0.25) is 11.8 Å². The van der Waals surface area contributed by atoms with E-state index in [4.69, 9.17) is 5.73 Å². The van der Waals surface area contributed by atoms with E-state index in [-0.39, 0.29) is 11.8 Å². The maximum atomic E-state index is 12.4. The Morgan fingerprint density at radius 2 is 1.71 bits per heavy atom. The van der Waals surface area contributed by atoms with Crippen molar-refractivity contribution < 1.29 is 9.59 Å². The van der Waals surface area contributed by atoms with Crippen LogP contribution in [-0.4, -0.2) is 54.3 Å². The van der Waals surface area contributed by atoms with Crippen LogP contribution in [0, 0.1) is 11.8 Å². The van der Waals surface area contributed by atoms with E-state index in [1.165, 1.54) is 32.1 Å². The van der Waals surface area contributed by atoms with Crippen LogP contribution in [-0.2, 0) is 9.59 Å². The van der Waals surface area contributed by atoms with Gasteiger partial charge in [-0.25, -0.2) is 0 Å². The molecule has 5 nitrogen and oxygen atoms in total. The van der Waals surface area contributed by atoms with E-state index in [1.54, 1.807) is 0 Å². The van der Waals surface area contributed by atoms with Crippen molar-refractivity contribution in [2.75, 3.05) is 32.7 Å². The number of piperazine rings is 1. The Bertz CT molecular complexity index is 359. The molecule has 0 unspecified atom stereocenters. The Balaban J connectivity index is 1.72. The Hall–Kier alpha value is -1.10. The predicted octanol–water partition coefficient (Wildman–Crippen LogP) is 1.22. The molecular formula is C16H29N3O2. The minimum atomic E-state index is -0.291. The summed E-state index contributed by atoms with van der Waals surface area (Å²) in [5, 5.41) is 0. The lowest BCUT2D eigenvalue weighted by Crippen LogP contribution is -2.50. The van der Waals surface area contributed by atoms with Gasteiger partial charge in [-0.05, 0) is 11.8 Å². The third kappa shape index (κ3) is 4.99. The fourth-order valence-electron chi connectivity index (χ4n) is 3.65. The standard InChI is InChI=1S/C16H29N3O2/c1-13(14-5-3-2-4-6-14)11-16(21)19-9-7-18(8-10-19)12-15(17)20/h13-14H,2-12H2,1H3,(H2,17,20)/t13-/m0/s1. The molecule has 5 heteroatoms. The molecule has 2 N–H and O–H groups in total. The van der Waals surface area contributed by atoms with Crippen molar-refractivity contribution in [2.24, 2.45) is 17.6 Å². The number of hydrogen-bond donors (Lipinski definition) is 1. The van der Waals surface area contributed by atoms with Gasteiger partial charge in [-0.2, -0.15) is 0 Å². The summed E-state index contributed by atoms with van der Waals surface area (Å²) in [5.74, 6) is 1.23. The van der Waals surface area contributed by atoms with Crippen LogP contribution in [0.15, 0.2) is 0 Å². The maximum absolute atomic E-state index is 12.4. The van der Waals surface area contributed by atoms with Gasteiger partial charge in [0.05, 0.1) is 6.54 Å². The second kappa shape index (κ2) is 7.78. The topological polar surface area (TPSA) is 66.6 Å². The lowest BCUT2D eigenvalue weighted by molar-refractivity contribution is -0.134. The highest BCUT2D eigenvalue weighted by Gasteiger charge is 2.26. The predicted molar refractivity (Wildman–Crippen MR) is 82.6 cm³/mol. The summed E-state index contributed by atoms with van der Waals surface area (Å²) in [6, 6.07) is 0. The fraction of sp³-hybridized carbons (Fsp3) is 0.875. The lowest BCUT2D eigenvalue weighted by Gasteiger charge is -2.35. The van der Waals surface area contributed by atoms with E-state index in [2.05, 4.69) is 6.92 Å². The van der Waals surface area contributed by atoms with E-state index in [0.29, 0.717) is 18.9 Å². The number of nitrogens with zero attached hydrogens (tertiary/aromatic N) is 2. The largest absolute Gasteiger partial charge is 0.369 e. The monoisotopic (exact) mass is 295 g/mol. The van der Waals surface area contributed by atoms with Gasteiger partial charge in [0.1, 0.15) is 0 Å². The summed E-state index contributed by atoms with van der Waals surface area (Å²) in [4.78, 5) is 27.3. The zero-order valence-corrected chi connectivity index (χ0v) is 13.2. The molecule has 0 aromatic rings. The van der Waals surface area contributed by atoms with Gasteiger partial charge in [-0.15, -0.1) is 0 Å². The van der Waals surface area contributed by atoms with Gasteiger partial charge in [0.15, 0.2) is 0 Å². The molecule has 1 heterocycles. The number of carbonyl (C=O) groups excluding carboxylic acids is 2. The van der Waals surface area contributed by atoms with Crippen LogP contribution < -0.4 is 5.73 Å². The van der Waals surface area contributed by atoms with Crippen molar-refractivity contribution in [3.05, 3.63) is 0 Å². The summed E-state index contributed by atoms with van der Waals surface area (Å²) < 4.78 is 0. The molecule has 1 aliphatic heterocycles. The molecule has 0 aromatic heterocycles. The highest BCUT2D eigenvalue weighted by Crippen LogP contribution is 2.31. The second-order valence-electron chi connectivity index (χ2n) is 6.70. The van der Waals surface area contributed by atoms with Crippen LogP contribution in [0.4, 0.5) is 0 Å². The molecule has 2 rings (SSSR count). The average Bonchev–Trinajstić information content (AvgIpc) is 2.48. The van der Waals surface area contributed by atoms with Crippen molar-refractivity contribution in [3.8, 4) is 0 Å². The molecule has 1 atom stereocenters. The minimum absolute atomic E-state index is 0.284. The second-order valence-corrected chi connectivity index (χ2v) is 6.70. The van der Waals surface area contributed by atoms with Crippen LogP contribution in [0.1, 0.15) is 45.4 Å². The van der Waals surface area contributed by atoms with Crippen LogP contribution >= 0.6 is 0 Å². The van der Waals surface area contributed by atoms with Gasteiger partial charge in [-0.1, -0.05) is 39.0 Å². The van der Waals surface area contributed by atoms with Gasteiger partial charge in [0.25, 0.3) is 0 Å². The third-order valence-electron chi connectivity index (χ3n) is 5.06. The van der Waals surface area contributed by atoms with Crippen molar-refractivity contribution in [2.45, 2.75) is 45.4 Å². The molecule has 0 aromatic carbocycles. The third-order valence-corrected chi connectivity index (χ3v) is 5.06. The average molecular weight is 295 g/mol. The zero-order chi connectivity index (χ0) is 15.2. The van der Waals surface area contributed by atoms with Crippen molar-refractivity contribution in [1.29, 1.82) is 0 Å². The molecule has 2 aliphatic rings. The molecule has 1 aliphatic carbocycles. The summed E-state index contributed by atoms with van der Waals surface area (Å²) in [5.41, 5.74) is 5.21. The number of primary amides is 1. The summed E-state index contributed by atoms with van der Waals surface area (Å²) in [6.45, 7) is 5.50. The van der Waals surface area contributed by atoms with E-state index < -0.39 is 0 Å². The Morgan fingerprint density at radius 1 is 1.10 bits per heavy atom. The Kier molecular flexibility index (Phi) is 6.03. The number of nitrogens with two attached hydrogens (primary N) is 1. The molecule has 120 valence electrons. The smallest absolute Gasteiger partial charge is 0.231 e. The van der Waals surface area contributed by atoms with Crippen LogP contribution in [0.5, 0.6) is 0 Å². The quantitative estimate of drug-likeness (QED) is 0.829. The van der Waals surface area contributed by atoms with E-state index in [9.17, 15) is 9.59 Å². The number of rotatable bonds is 5. The molecule has 0 spiro atoms. The van der Waals surface area contributed by atoms with Gasteiger partial charge in [-0.3, -0.25) is 14.5 Å². The summed E-state index contributed by atoms with van der Waals surface area (Å²) >= 11 is 0. The number of carbonyl (C=O) groups is 2. The zero-order valence-electron chi connectivity index (χ0n) is 13.2. The molecule has 0 radical (unpaired) electrons. The van der Waals surface area contributed by atoms with E-state index >= 15 is 0 Å². The summed E-state index contributed by atoms with van der Waals surface area (Å²) in [6.07, 6.45) is 7.28. The molecule has 2 amide bonds. The molecular weight excluding hydrogens is 266 g/mol. The maximum Gasteiger partial charge on any atom is 0.231 e. The SMILES string of the molecule is C[C@@H](CC(=O)N1CCN(CC(N)=O)CC1)C1CCCCC1. The minimum Gasteiger partial charge on any atom is -0.369 e. The van der Waals surface area contributed by atoms with E-state index in [1.807, 2.05) is 9.80 Å². The molecule has 1 saturated heterocycles. The van der Waals surface area contributed by atoms with Crippen LogP contribution in [0.2, 0.25) is 0 Å². The first-order valence-electron chi connectivity index (χ1n) is 8.34. The Labute approximate surface area is 127 Å². The highest BCUT2D eigenvalue weighted by atomic mass is 16.2. The first-order valence-corrected chi connectivity index (χ1v) is 8.34. The van der Waals surface area contributed by atoms with Crippen LogP contribution in [0.3, 0.4) is 0 Å². The first kappa shape index (κ1) is 16.3.